The van der Waals surface area contributed by atoms with Crippen LogP contribution in [0.3, 0.4) is 0 Å². The van der Waals surface area contributed by atoms with Crippen LogP contribution >= 0.6 is 11.5 Å². The van der Waals surface area contributed by atoms with Crippen LogP contribution in [0.5, 0.6) is 0 Å². The summed E-state index contributed by atoms with van der Waals surface area (Å²) >= 11 is 1.20. The van der Waals surface area contributed by atoms with E-state index in [1.807, 2.05) is 51.1 Å². The van der Waals surface area contributed by atoms with E-state index < -0.39 is 6.04 Å². The van der Waals surface area contributed by atoms with Gasteiger partial charge in [-0.1, -0.05) is 24.3 Å². The van der Waals surface area contributed by atoms with Gasteiger partial charge >= 0.3 is 0 Å². The third kappa shape index (κ3) is 3.83. The highest BCUT2D eigenvalue weighted by Gasteiger charge is 2.35. The number of benzene rings is 2. The predicted molar refractivity (Wildman–Crippen MR) is 141 cm³/mol. The summed E-state index contributed by atoms with van der Waals surface area (Å²) < 4.78 is 20.3. The van der Waals surface area contributed by atoms with Gasteiger partial charge in [0.2, 0.25) is 0 Å². The van der Waals surface area contributed by atoms with Crippen molar-refractivity contribution < 1.29 is 4.39 Å². The molecule has 0 aliphatic carbocycles. The van der Waals surface area contributed by atoms with Crippen LogP contribution in [0.15, 0.2) is 53.6 Å². The summed E-state index contributed by atoms with van der Waals surface area (Å²) in [7, 11) is 0. The number of nitrogens with zero attached hydrogens (tertiary/aromatic N) is 6. The summed E-state index contributed by atoms with van der Waals surface area (Å²) in [6, 6.07) is 12.0. The number of aromatic nitrogens is 5. The van der Waals surface area contributed by atoms with Crippen molar-refractivity contribution in [3.63, 3.8) is 0 Å². The molecule has 1 aliphatic rings. The molecule has 6 rings (SSSR count). The number of para-hydroxylation sites is 1. The van der Waals surface area contributed by atoms with Gasteiger partial charge in [0, 0.05) is 0 Å². The fourth-order valence-electron chi connectivity index (χ4n) is 4.85. The monoisotopic (exact) mass is 514 g/mol. The Morgan fingerprint density at radius 3 is 2.73 bits per heavy atom. The van der Waals surface area contributed by atoms with Gasteiger partial charge < -0.3 is 5.73 Å². The van der Waals surface area contributed by atoms with Crippen LogP contribution in [0.1, 0.15) is 39.8 Å². The van der Waals surface area contributed by atoms with Crippen LogP contribution < -0.4 is 21.7 Å². The van der Waals surface area contributed by atoms with Gasteiger partial charge in [0.25, 0.3) is 5.56 Å². The molecule has 0 bridgehead atoms. The summed E-state index contributed by atoms with van der Waals surface area (Å²) in [6.07, 6.45) is 1.39. The third-order valence-corrected chi connectivity index (χ3v) is 7.36. The van der Waals surface area contributed by atoms with Crippen molar-refractivity contribution in [2.75, 3.05) is 10.7 Å². The van der Waals surface area contributed by atoms with Crippen molar-refractivity contribution in [2.24, 2.45) is 0 Å². The number of halogens is 1. The van der Waals surface area contributed by atoms with Crippen LogP contribution in [-0.2, 0) is 6.54 Å². The lowest BCUT2D eigenvalue weighted by Gasteiger charge is -2.22. The molecule has 4 heterocycles. The van der Waals surface area contributed by atoms with Gasteiger partial charge in [-0.2, -0.15) is 4.37 Å². The zero-order chi connectivity index (χ0) is 25.8. The Kier molecular flexibility index (Phi) is 5.46. The summed E-state index contributed by atoms with van der Waals surface area (Å²) in [5.74, 6) is 1.01. The van der Waals surface area contributed by atoms with Crippen molar-refractivity contribution in [1.29, 1.82) is 0 Å². The summed E-state index contributed by atoms with van der Waals surface area (Å²) in [4.78, 5) is 27.9. The van der Waals surface area contributed by atoms with Crippen molar-refractivity contribution in [2.45, 2.75) is 33.4 Å². The van der Waals surface area contributed by atoms with E-state index in [0.717, 1.165) is 16.8 Å². The van der Waals surface area contributed by atoms with E-state index in [4.69, 9.17) is 10.7 Å². The molecular weight excluding hydrogens is 491 g/mol. The van der Waals surface area contributed by atoms with Crippen LogP contribution in [0.4, 0.5) is 16.0 Å². The normalized spacial score (nSPS) is 14.9. The lowest BCUT2D eigenvalue weighted by molar-refractivity contribution is 0.576. The first-order valence-corrected chi connectivity index (χ1v) is 12.4. The maximum Gasteiger partial charge on any atom is 0.268 e. The van der Waals surface area contributed by atoms with Gasteiger partial charge in [0.05, 0.1) is 29.5 Å². The summed E-state index contributed by atoms with van der Waals surface area (Å²) in [5, 5.41) is 2.29. The zero-order valence-corrected chi connectivity index (χ0v) is 21.2. The maximum absolute atomic E-state index is 14.3. The standard InChI is InChI=1S/C26H23FN8OS/c1-13-8-16(10-17(27)9-13)22-21-23(28)29-12-30-24(21)34(32-22)11-19-31-25-20(15(3)33-37-25)26(36)35(19)18-7-5-4-6-14(18)2/h4-10,12,22,32H,11H2,1-3H3,(H2,28,29,30). The molecule has 1 unspecified atom stereocenters. The van der Waals surface area contributed by atoms with Crippen LogP contribution in [0, 0.1) is 26.6 Å². The minimum atomic E-state index is -0.474. The number of hydrazine groups is 1. The highest BCUT2D eigenvalue weighted by Crippen LogP contribution is 2.39. The Morgan fingerprint density at radius 2 is 1.95 bits per heavy atom. The topological polar surface area (TPSA) is 115 Å². The lowest BCUT2D eigenvalue weighted by Crippen LogP contribution is -2.37. The van der Waals surface area contributed by atoms with E-state index in [2.05, 4.69) is 19.8 Å². The summed E-state index contributed by atoms with van der Waals surface area (Å²) in [6.45, 7) is 5.79. The number of fused-ring (bicyclic) bond motifs is 2. The lowest BCUT2D eigenvalue weighted by atomic mass is 9.99. The molecule has 0 saturated heterocycles. The van der Waals surface area contributed by atoms with Crippen LogP contribution in [-0.4, -0.2) is 23.9 Å². The van der Waals surface area contributed by atoms with Crippen LogP contribution in [0.25, 0.3) is 15.9 Å². The number of aryl methyl sites for hydroxylation is 3. The summed E-state index contributed by atoms with van der Waals surface area (Å²) in [5.41, 5.74) is 13.9. The van der Waals surface area contributed by atoms with E-state index in [-0.39, 0.29) is 17.9 Å². The first kappa shape index (κ1) is 23.2. The molecule has 1 aliphatic heterocycles. The van der Waals surface area contributed by atoms with Crippen molar-refractivity contribution >= 4 is 33.4 Å². The highest BCUT2D eigenvalue weighted by atomic mass is 32.1. The van der Waals surface area contributed by atoms with E-state index in [1.54, 1.807) is 9.58 Å². The van der Waals surface area contributed by atoms with E-state index in [9.17, 15) is 9.18 Å². The fraction of sp³-hybridized carbons (Fsp3) is 0.192. The Morgan fingerprint density at radius 1 is 1.14 bits per heavy atom. The molecule has 3 N–H and O–H groups in total. The molecule has 0 spiro atoms. The predicted octanol–water partition coefficient (Wildman–Crippen LogP) is 3.89. The number of hydrogen-bond acceptors (Lipinski definition) is 9. The number of nitrogens with two attached hydrogens (primary N) is 1. The minimum absolute atomic E-state index is 0.181. The number of hydrogen-bond donors (Lipinski definition) is 2. The Hall–Kier alpha value is -4.22. The van der Waals surface area contributed by atoms with E-state index >= 15 is 0 Å². The van der Waals surface area contributed by atoms with Crippen molar-refractivity contribution in [3.05, 3.63) is 98.7 Å². The Balaban J connectivity index is 1.51. The van der Waals surface area contributed by atoms with Gasteiger partial charge in [0.1, 0.15) is 29.2 Å². The Labute approximate surface area is 215 Å². The molecule has 186 valence electrons. The molecule has 0 fully saturated rings. The second-order valence-electron chi connectivity index (χ2n) is 9.11. The van der Waals surface area contributed by atoms with E-state index in [0.29, 0.717) is 44.5 Å². The SMILES string of the molecule is Cc1cc(F)cc(C2NN(Cc3nc4snc(C)c4c(=O)n3-c3ccccc3C)c3ncnc(N)c32)c1. The molecule has 5 aromatic rings. The molecular formula is C26H23FN8OS. The maximum atomic E-state index is 14.3. The molecule has 37 heavy (non-hydrogen) atoms. The molecule has 1 atom stereocenters. The van der Waals surface area contributed by atoms with Crippen LogP contribution in [0.2, 0.25) is 0 Å². The van der Waals surface area contributed by atoms with Crippen molar-refractivity contribution in [1.82, 2.24) is 29.3 Å². The molecule has 0 amide bonds. The zero-order valence-electron chi connectivity index (χ0n) is 20.4. The van der Waals surface area contributed by atoms with Gasteiger partial charge in [-0.15, -0.1) is 0 Å². The molecule has 0 saturated carbocycles. The first-order chi connectivity index (χ1) is 17.8. The van der Waals surface area contributed by atoms with Gasteiger partial charge in [-0.25, -0.2) is 24.8 Å². The number of nitrogen functional groups attached to an aromatic ring is 1. The van der Waals surface area contributed by atoms with Gasteiger partial charge in [-0.3, -0.25) is 14.4 Å². The number of nitrogens with one attached hydrogen (secondary N) is 1. The third-order valence-electron chi connectivity index (χ3n) is 6.53. The molecule has 0 radical (unpaired) electrons. The average Bonchev–Trinajstić information content (AvgIpc) is 3.41. The largest absolute Gasteiger partial charge is 0.383 e. The van der Waals surface area contributed by atoms with Gasteiger partial charge in [-0.05, 0) is 67.2 Å². The van der Waals surface area contributed by atoms with E-state index in [1.165, 1.54) is 30.0 Å². The molecule has 11 heteroatoms. The quantitative estimate of drug-likeness (QED) is 0.371. The highest BCUT2D eigenvalue weighted by molar-refractivity contribution is 7.12. The molecule has 2 aromatic carbocycles. The fourth-order valence-corrected chi connectivity index (χ4v) is 5.64. The molecule has 3 aromatic heterocycles. The van der Waals surface area contributed by atoms with Gasteiger partial charge in [0.15, 0.2) is 10.6 Å². The average molecular weight is 515 g/mol. The van der Waals surface area contributed by atoms with Crippen molar-refractivity contribution in [3.8, 4) is 5.69 Å². The second-order valence-corrected chi connectivity index (χ2v) is 9.86. The minimum Gasteiger partial charge on any atom is -0.383 e. The molecule has 9 nitrogen and oxygen atoms in total. The smallest absolute Gasteiger partial charge is 0.268 e. The second kappa shape index (κ2) is 8.71. The Bertz CT molecular complexity index is 1730. The number of rotatable bonds is 4. The number of anilines is 2. The first-order valence-electron chi connectivity index (χ1n) is 11.7.